The predicted octanol–water partition coefficient (Wildman–Crippen LogP) is 22.9. The van der Waals surface area contributed by atoms with Crippen LogP contribution in [-0.2, 0) is 14.3 Å². The van der Waals surface area contributed by atoms with E-state index < -0.39 is 49.5 Å². The molecule has 1 heterocycles. The van der Waals surface area contributed by atoms with Crippen molar-refractivity contribution in [3.63, 3.8) is 0 Å². The zero-order valence-corrected chi connectivity index (χ0v) is 60.1. The summed E-state index contributed by atoms with van der Waals surface area (Å²) in [4.78, 5) is 13.2. The van der Waals surface area contributed by atoms with Crippen LogP contribution in [0.1, 0.15) is 399 Å². The van der Waals surface area contributed by atoms with Crippen molar-refractivity contribution in [2.75, 3.05) is 13.2 Å². The van der Waals surface area contributed by atoms with Gasteiger partial charge in [-0.2, -0.15) is 0 Å². The highest BCUT2D eigenvalue weighted by atomic mass is 16.7. The number of unbranched alkanes of at least 4 members (excludes halogenated alkanes) is 53. The Kier molecular flexibility index (Phi) is 67.5. The van der Waals surface area contributed by atoms with Gasteiger partial charge in [-0.1, -0.05) is 396 Å². The largest absolute Gasteiger partial charge is 0.394 e. The number of amides is 1. The fraction of sp³-hybridized carbons (Fsp3) is 0.866. The highest BCUT2D eigenvalue weighted by Gasteiger charge is 2.44. The summed E-state index contributed by atoms with van der Waals surface area (Å²) in [5, 5.41) is 54.9. The number of nitrogens with one attached hydrogen (secondary N) is 1. The van der Waals surface area contributed by atoms with Crippen LogP contribution in [0.15, 0.2) is 60.8 Å². The third-order valence-electron chi connectivity index (χ3n) is 19.1. The van der Waals surface area contributed by atoms with Crippen molar-refractivity contribution in [3.05, 3.63) is 60.8 Å². The van der Waals surface area contributed by atoms with E-state index >= 15 is 0 Å². The quantitative estimate of drug-likeness (QED) is 0.0261. The van der Waals surface area contributed by atoms with E-state index in [-0.39, 0.29) is 12.5 Å². The van der Waals surface area contributed by atoms with Crippen LogP contribution < -0.4 is 5.32 Å². The van der Waals surface area contributed by atoms with Crippen LogP contribution in [0.4, 0.5) is 0 Å². The first-order valence-electron chi connectivity index (χ1n) is 40.0. The van der Waals surface area contributed by atoms with Crippen LogP contribution in [0, 0.1) is 0 Å². The van der Waals surface area contributed by atoms with Gasteiger partial charge in [-0.05, 0) is 57.8 Å². The van der Waals surface area contributed by atoms with Gasteiger partial charge in [0, 0.05) is 6.42 Å². The molecule has 6 N–H and O–H groups in total. The maximum Gasteiger partial charge on any atom is 0.220 e. The van der Waals surface area contributed by atoms with Crippen molar-refractivity contribution in [1.82, 2.24) is 5.32 Å². The topological polar surface area (TPSA) is 149 Å². The summed E-state index contributed by atoms with van der Waals surface area (Å²) in [6.07, 6.45) is 92.3. The molecule has 0 aromatic carbocycles. The molecule has 0 spiro atoms. The molecule has 0 saturated carbocycles. The summed E-state index contributed by atoms with van der Waals surface area (Å²) in [6.45, 7) is 3.73. The summed E-state index contributed by atoms with van der Waals surface area (Å²) in [6, 6.07) is -0.806. The molecule has 1 amide bonds. The van der Waals surface area contributed by atoms with Crippen LogP contribution >= 0.6 is 0 Å². The van der Waals surface area contributed by atoms with Gasteiger partial charge in [-0.15, -0.1) is 0 Å². The fourth-order valence-electron chi connectivity index (χ4n) is 12.9. The second kappa shape index (κ2) is 70.7. The monoisotopic (exact) mass is 1280 g/mol. The SMILES string of the molecule is CC/C=C\C/C=C\C/C=C\C/C=C\CCCCCCCCCCCCCCCCCCCCCCCCCCCCCCC(=O)NC(COC1OC(CO)C(O)C(O)C1O)C(O)/C=C/CCCCCCCCCCCCCCCCCCCCCCCCCCC. The van der Waals surface area contributed by atoms with Crippen molar-refractivity contribution in [2.45, 2.75) is 442 Å². The Morgan fingerprint density at radius 1 is 0.385 bits per heavy atom. The lowest BCUT2D eigenvalue weighted by Gasteiger charge is -2.40. The van der Waals surface area contributed by atoms with Gasteiger partial charge in [0.25, 0.3) is 0 Å². The molecule has 7 atom stereocenters. The van der Waals surface area contributed by atoms with Gasteiger partial charge in [0.1, 0.15) is 24.4 Å². The highest BCUT2D eigenvalue weighted by molar-refractivity contribution is 5.76. The number of allylic oxidation sites excluding steroid dienone is 9. The van der Waals surface area contributed by atoms with Crippen LogP contribution in [0.25, 0.3) is 0 Å². The molecule has 534 valence electrons. The van der Waals surface area contributed by atoms with Crippen LogP contribution in [0.5, 0.6) is 0 Å². The lowest BCUT2D eigenvalue weighted by molar-refractivity contribution is -0.302. The number of hydrogen-bond acceptors (Lipinski definition) is 8. The molecule has 1 fully saturated rings. The van der Waals surface area contributed by atoms with Crippen molar-refractivity contribution < 1.29 is 39.8 Å². The zero-order chi connectivity index (χ0) is 65.7. The number of aliphatic hydroxyl groups is 5. The minimum atomic E-state index is -1.57. The standard InChI is InChI=1S/C82H153NO8/c1-3-5-7-9-11-13-15-17-19-21-23-25-27-29-31-32-33-34-35-36-37-38-39-40-41-42-43-44-46-48-50-52-54-56-58-60-62-64-66-68-70-72-78(86)83-75(74-90-82-81(89)80(88)79(87)77(73-84)91-82)76(85)71-69-67-65-63-61-59-57-55-53-51-49-47-45-30-28-26-24-22-20-18-16-14-12-10-8-6-4-2/h5,7,11,13,17,19,23,25,69,71,75-77,79-82,84-85,87-89H,3-4,6,8-10,12,14-16,18,20-22,24,26-68,70,72-74H2,1-2H3,(H,83,86)/b7-5-,13-11-,19-17-,25-23-,71-69+. The van der Waals surface area contributed by atoms with E-state index in [4.69, 9.17) is 9.47 Å². The van der Waals surface area contributed by atoms with E-state index in [2.05, 4.69) is 67.8 Å². The minimum absolute atomic E-state index is 0.168. The lowest BCUT2D eigenvalue weighted by Crippen LogP contribution is -2.60. The van der Waals surface area contributed by atoms with Crippen molar-refractivity contribution in [1.29, 1.82) is 0 Å². The third kappa shape index (κ3) is 58.9. The summed E-state index contributed by atoms with van der Waals surface area (Å²) >= 11 is 0. The molecule has 7 unspecified atom stereocenters. The van der Waals surface area contributed by atoms with Gasteiger partial charge in [-0.25, -0.2) is 0 Å². The van der Waals surface area contributed by atoms with E-state index in [9.17, 15) is 30.3 Å². The molecule has 1 aliphatic rings. The van der Waals surface area contributed by atoms with Gasteiger partial charge in [0.15, 0.2) is 6.29 Å². The smallest absolute Gasteiger partial charge is 0.220 e. The molecule has 0 aromatic rings. The van der Waals surface area contributed by atoms with Crippen LogP contribution in [0.3, 0.4) is 0 Å². The summed E-state index contributed by atoms with van der Waals surface area (Å²) in [5.41, 5.74) is 0. The number of ether oxygens (including phenoxy) is 2. The molecular weight excluding hydrogens is 1130 g/mol. The minimum Gasteiger partial charge on any atom is -0.394 e. The second-order valence-corrected chi connectivity index (χ2v) is 27.8. The Bertz CT molecular complexity index is 1630. The highest BCUT2D eigenvalue weighted by Crippen LogP contribution is 2.24. The predicted molar refractivity (Wildman–Crippen MR) is 392 cm³/mol. The number of hydrogen-bond donors (Lipinski definition) is 6. The maximum absolute atomic E-state index is 13.2. The number of aliphatic hydroxyl groups excluding tert-OH is 5. The second-order valence-electron chi connectivity index (χ2n) is 27.8. The number of carbonyl (C=O) groups excluding carboxylic acids is 1. The molecule has 0 aliphatic carbocycles. The molecule has 0 aromatic heterocycles. The summed E-state index contributed by atoms with van der Waals surface area (Å²) in [7, 11) is 0. The fourth-order valence-corrected chi connectivity index (χ4v) is 12.9. The summed E-state index contributed by atoms with van der Waals surface area (Å²) in [5.74, 6) is -0.168. The Morgan fingerprint density at radius 2 is 0.681 bits per heavy atom. The zero-order valence-electron chi connectivity index (χ0n) is 60.1. The Labute approximate surface area is 564 Å². The van der Waals surface area contributed by atoms with Gasteiger partial charge in [-0.3, -0.25) is 4.79 Å². The van der Waals surface area contributed by atoms with E-state index in [0.29, 0.717) is 6.42 Å². The van der Waals surface area contributed by atoms with Crippen molar-refractivity contribution in [3.8, 4) is 0 Å². The molecule has 91 heavy (non-hydrogen) atoms. The van der Waals surface area contributed by atoms with Crippen LogP contribution in [0.2, 0.25) is 0 Å². The molecule has 0 bridgehead atoms. The van der Waals surface area contributed by atoms with E-state index in [1.165, 1.54) is 315 Å². The molecular formula is C82H153NO8. The maximum atomic E-state index is 13.2. The van der Waals surface area contributed by atoms with E-state index in [0.717, 1.165) is 64.2 Å². The summed E-state index contributed by atoms with van der Waals surface area (Å²) < 4.78 is 11.3. The number of carbonyl (C=O) groups is 1. The first kappa shape index (κ1) is 86.9. The Hall–Kier alpha value is -2.11. The van der Waals surface area contributed by atoms with Gasteiger partial charge >= 0.3 is 0 Å². The average Bonchev–Trinajstić information content (AvgIpc) is 1.58. The average molecular weight is 1280 g/mol. The van der Waals surface area contributed by atoms with Gasteiger partial charge in [0.2, 0.25) is 5.91 Å². The van der Waals surface area contributed by atoms with E-state index in [1.807, 2.05) is 6.08 Å². The molecule has 1 rings (SSSR count). The normalized spacial score (nSPS) is 18.0. The lowest BCUT2D eigenvalue weighted by atomic mass is 9.99. The molecule has 1 aliphatic heterocycles. The van der Waals surface area contributed by atoms with Crippen LogP contribution in [-0.4, -0.2) is 87.5 Å². The van der Waals surface area contributed by atoms with Gasteiger partial charge in [0.05, 0.1) is 25.4 Å². The van der Waals surface area contributed by atoms with Crippen molar-refractivity contribution in [2.24, 2.45) is 0 Å². The Balaban J connectivity index is 2.04. The first-order chi connectivity index (χ1) is 44.8. The van der Waals surface area contributed by atoms with Crippen molar-refractivity contribution >= 4 is 5.91 Å². The number of rotatable bonds is 71. The van der Waals surface area contributed by atoms with Gasteiger partial charge < -0.3 is 40.3 Å². The molecule has 1 saturated heterocycles. The molecule has 9 nitrogen and oxygen atoms in total. The molecule has 9 heteroatoms. The Morgan fingerprint density at radius 3 is 1.01 bits per heavy atom. The third-order valence-corrected chi connectivity index (χ3v) is 19.1. The molecule has 0 radical (unpaired) electrons. The first-order valence-corrected chi connectivity index (χ1v) is 40.0. The van der Waals surface area contributed by atoms with E-state index in [1.54, 1.807) is 6.08 Å².